The Kier molecular flexibility index (Phi) is 4.82. The van der Waals surface area contributed by atoms with Crippen LogP contribution >= 0.6 is 0 Å². The van der Waals surface area contributed by atoms with Gasteiger partial charge in [0.25, 0.3) is 0 Å². The predicted molar refractivity (Wildman–Crippen MR) is 94.7 cm³/mol. The first kappa shape index (κ1) is 16.9. The van der Waals surface area contributed by atoms with Crippen LogP contribution in [0.25, 0.3) is 11.4 Å². The fourth-order valence-electron chi connectivity index (χ4n) is 3.80. The number of aromatic nitrogens is 2. The van der Waals surface area contributed by atoms with Gasteiger partial charge in [-0.2, -0.15) is 4.98 Å². The summed E-state index contributed by atoms with van der Waals surface area (Å²) in [4.78, 5) is 19.2. The molecule has 2 heterocycles. The Balaban J connectivity index is 1.46. The predicted octanol–water partition coefficient (Wildman–Crippen LogP) is 3.94. The van der Waals surface area contributed by atoms with E-state index >= 15 is 0 Å². The summed E-state index contributed by atoms with van der Waals surface area (Å²) in [5.41, 5.74) is 0.595. The molecule has 0 bridgehead atoms. The summed E-state index contributed by atoms with van der Waals surface area (Å²) in [6.07, 6.45) is 8.85. The van der Waals surface area contributed by atoms with Crippen LogP contribution in [0.15, 0.2) is 40.9 Å². The number of piperidine rings is 1. The highest BCUT2D eigenvalue weighted by molar-refractivity contribution is 5.79. The van der Waals surface area contributed by atoms with Crippen molar-refractivity contribution in [2.24, 2.45) is 5.92 Å². The number of carbonyl (C=O) groups excluding carboxylic acids is 1. The Morgan fingerprint density at radius 1 is 1.27 bits per heavy atom. The van der Waals surface area contributed by atoms with Crippen LogP contribution in [0.3, 0.4) is 0 Å². The van der Waals surface area contributed by atoms with Crippen LogP contribution in [0.1, 0.15) is 43.9 Å². The Bertz CT molecular complexity index is 817. The summed E-state index contributed by atoms with van der Waals surface area (Å²) in [5.74, 6) is 0.977. The molecule has 1 aliphatic heterocycles. The average Bonchev–Trinajstić information content (AvgIpc) is 3.19. The molecule has 26 heavy (non-hydrogen) atoms. The lowest BCUT2D eigenvalue weighted by atomic mass is 9.91. The van der Waals surface area contributed by atoms with Crippen molar-refractivity contribution in [3.8, 4) is 11.4 Å². The number of nitrogens with zero attached hydrogens (tertiary/aromatic N) is 3. The van der Waals surface area contributed by atoms with E-state index in [1.807, 2.05) is 4.90 Å². The van der Waals surface area contributed by atoms with Crippen molar-refractivity contribution in [3.63, 3.8) is 0 Å². The van der Waals surface area contributed by atoms with E-state index < -0.39 is 0 Å². The molecule has 5 nitrogen and oxygen atoms in total. The number of hydrogen-bond donors (Lipinski definition) is 0. The molecule has 1 saturated heterocycles. The Morgan fingerprint density at radius 3 is 3.00 bits per heavy atom. The molecule has 136 valence electrons. The molecule has 6 heteroatoms. The highest BCUT2D eigenvalue weighted by Crippen LogP contribution is 2.30. The molecule has 2 aliphatic rings. The molecule has 2 aromatic rings. The van der Waals surface area contributed by atoms with E-state index in [1.165, 1.54) is 12.1 Å². The van der Waals surface area contributed by atoms with Crippen LogP contribution in [-0.4, -0.2) is 34.0 Å². The van der Waals surface area contributed by atoms with Gasteiger partial charge in [0, 0.05) is 24.6 Å². The van der Waals surface area contributed by atoms with Crippen molar-refractivity contribution in [1.82, 2.24) is 15.0 Å². The largest absolute Gasteiger partial charge is 0.342 e. The van der Waals surface area contributed by atoms with E-state index in [-0.39, 0.29) is 23.6 Å². The second-order valence-electron chi connectivity index (χ2n) is 7.07. The molecule has 0 N–H and O–H groups in total. The van der Waals surface area contributed by atoms with E-state index in [2.05, 4.69) is 22.3 Å². The summed E-state index contributed by atoms with van der Waals surface area (Å²) in [6, 6.07) is 6.16. The van der Waals surface area contributed by atoms with Crippen LogP contribution < -0.4 is 0 Å². The van der Waals surface area contributed by atoms with Crippen molar-refractivity contribution in [3.05, 3.63) is 48.1 Å². The number of rotatable bonds is 3. The van der Waals surface area contributed by atoms with E-state index in [1.54, 1.807) is 12.1 Å². The van der Waals surface area contributed by atoms with Gasteiger partial charge in [0.15, 0.2) is 0 Å². The molecule has 1 amide bonds. The third-order valence-electron chi connectivity index (χ3n) is 5.23. The molecular formula is C20H22FN3O2. The summed E-state index contributed by atoms with van der Waals surface area (Å²) < 4.78 is 18.8. The standard InChI is InChI=1S/C20H22FN3O2/c21-17-10-4-8-15(12-17)18-22-19(26-23-18)16-9-5-11-24(13-16)20(25)14-6-2-1-3-7-14/h1-2,4,8,10,12,14,16H,3,5-7,9,11,13H2. The van der Waals surface area contributed by atoms with Gasteiger partial charge in [-0.05, 0) is 44.2 Å². The van der Waals surface area contributed by atoms with Gasteiger partial charge in [-0.3, -0.25) is 4.79 Å². The topological polar surface area (TPSA) is 59.2 Å². The zero-order valence-electron chi connectivity index (χ0n) is 14.6. The Hall–Kier alpha value is -2.50. The minimum atomic E-state index is -0.329. The van der Waals surface area contributed by atoms with Crippen LogP contribution in [-0.2, 0) is 4.79 Å². The maximum atomic E-state index is 13.4. The van der Waals surface area contributed by atoms with E-state index in [0.717, 1.165) is 38.6 Å². The number of hydrogen-bond acceptors (Lipinski definition) is 4. The normalized spacial score (nSPS) is 23.2. The van der Waals surface area contributed by atoms with Crippen LogP contribution in [0.5, 0.6) is 0 Å². The minimum Gasteiger partial charge on any atom is -0.342 e. The summed E-state index contributed by atoms with van der Waals surface area (Å²) in [5, 5.41) is 4.00. The van der Waals surface area contributed by atoms with Gasteiger partial charge in [0.2, 0.25) is 17.6 Å². The van der Waals surface area contributed by atoms with Crippen molar-refractivity contribution in [1.29, 1.82) is 0 Å². The SMILES string of the molecule is O=C(C1CC=CCC1)N1CCCC(c2nc(-c3cccc(F)c3)no2)C1. The van der Waals surface area contributed by atoms with Crippen LogP contribution in [0, 0.1) is 11.7 Å². The highest BCUT2D eigenvalue weighted by Gasteiger charge is 2.31. The van der Waals surface area contributed by atoms with Gasteiger partial charge >= 0.3 is 0 Å². The lowest BCUT2D eigenvalue weighted by molar-refractivity contribution is -0.137. The monoisotopic (exact) mass is 355 g/mol. The molecule has 0 saturated carbocycles. The van der Waals surface area contributed by atoms with Gasteiger partial charge in [-0.15, -0.1) is 0 Å². The molecule has 0 radical (unpaired) electrons. The molecule has 1 fully saturated rings. The zero-order valence-corrected chi connectivity index (χ0v) is 14.6. The Morgan fingerprint density at radius 2 is 2.19 bits per heavy atom. The van der Waals surface area contributed by atoms with Crippen molar-refractivity contribution in [2.45, 2.75) is 38.0 Å². The van der Waals surface area contributed by atoms with Gasteiger partial charge in [-0.25, -0.2) is 4.39 Å². The lowest BCUT2D eigenvalue weighted by Crippen LogP contribution is -2.42. The summed E-state index contributed by atoms with van der Waals surface area (Å²) in [6.45, 7) is 1.41. The number of amides is 1. The molecule has 2 unspecified atom stereocenters. The van der Waals surface area contributed by atoms with Gasteiger partial charge in [-0.1, -0.05) is 29.4 Å². The molecule has 0 spiro atoms. The molecular weight excluding hydrogens is 333 g/mol. The maximum Gasteiger partial charge on any atom is 0.231 e. The lowest BCUT2D eigenvalue weighted by Gasteiger charge is -2.34. The first-order chi connectivity index (χ1) is 12.7. The van der Waals surface area contributed by atoms with E-state index in [9.17, 15) is 9.18 Å². The Labute approximate surface area is 151 Å². The smallest absolute Gasteiger partial charge is 0.231 e. The zero-order chi connectivity index (χ0) is 17.9. The average molecular weight is 355 g/mol. The third kappa shape index (κ3) is 3.54. The van der Waals surface area contributed by atoms with Gasteiger partial charge < -0.3 is 9.42 Å². The maximum absolute atomic E-state index is 13.4. The summed E-state index contributed by atoms with van der Waals surface area (Å²) >= 11 is 0. The fraction of sp³-hybridized carbons (Fsp3) is 0.450. The molecule has 1 aromatic heterocycles. The number of carbonyl (C=O) groups is 1. The van der Waals surface area contributed by atoms with Crippen molar-refractivity contribution in [2.75, 3.05) is 13.1 Å². The number of likely N-dealkylation sites (tertiary alicyclic amines) is 1. The van der Waals surface area contributed by atoms with Crippen LogP contribution in [0.4, 0.5) is 4.39 Å². The van der Waals surface area contributed by atoms with E-state index in [0.29, 0.717) is 23.8 Å². The number of allylic oxidation sites excluding steroid dienone is 2. The fourth-order valence-corrected chi connectivity index (χ4v) is 3.80. The van der Waals surface area contributed by atoms with Crippen molar-refractivity contribution >= 4 is 5.91 Å². The second kappa shape index (κ2) is 7.40. The van der Waals surface area contributed by atoms with Crippen LogP contribution in [0.2, 0.25) is 0 Å². The number of halogens is 1. The first-order valence-electron chi connectivity index (χ1n) is 9.24. The summed E-state index contributed by atoms with van der Waals surface area (Å²) in [7, 11) is 0. The molecule has 2 atom stereocenters. The number of benzene rings is 1. The second-order valence-corrected chi connectivity index (χ2v) is 7.07. The van der Waals surface area contributed by atoms with Gasteiger partial charge in [0.05, 0.1) is 5.92 Å². The van der Waals surface area contributed by atoms with Crippen molar-refractivity contribution < 1.29 is 13.7 Å². The quantitative estimate of drug-likeness (QED) is 0.783. The van der Waals surface area contributed by atoms with Gasteiger partial charge in [0.1, 0.15) is 5.82 Å². The van der Waals surface area contributed by atoms with E-state index in [4.69, 9.17) is 4.52 Å². The first-order valence-corrected chi connectivity index (χ1v) is 9.24. The molecule has 1 aliphatic carbocycles. The third-order valence-corrected chi connectivity index (χ3v) is 5.23. The highest BCUT2D eigenvalue weighted by atomic mass is 19.1. The molecule has 4 rings (SSSR count). The molecule has 1 aromatic carbocycles. The minimum absolute atomic E-state index is 0.0432.